The molecular formula is C18H21F3N4O2S. The van der Waals surface area contributed by atoms with Crippen molar-refractivity contribution in [2.45, 2.75) is 37.5 Å². The maximum absolute atomic E-state index is 10.6. The van der Waals surface area contributed by atoms with Crippen molar-refractivity contribution in [1.82, 2.24) is 14.9 Å². The summed E-state index contributed by atoms with van der Waals surface area (Å²) in [5, 5.41) is 11.6. The average Bonchev–Trinajstić information content (AvgIpc) is 3.15. The third-order valence-electron chi connectivity index (χ3n) is 5.18. The van der Waals surface area contributed by atoms with Crippen LogP contribution in [0.3, 0.4) is 0 Å². The zero-order valence-corrected chi connectivity index (χ0v) is 15.9. The second kappa shape index (κ2) is 8.44. The van der Waals surface area contributed by atoms with E-state index in [0.29, 0.717) is 5.54 Å². The quantitative estimate of drug-likeness (QED) is 0.830. The Labute approximate surface area is 164 Å². The molecule has 152 valence electrons. The molecule has 0 aliphatic carbocycles. The third kappa shape index (κ3) is 4.79. The first-order valence-electron chi connectivity index (χ1n) is 8.88. The van der Waals surface area contributed by atoms with Gasteiger partial charge >= 0.3 is 12.1 Å². The van der Waals surface area contributed by atoms with Gasteiger partial charge in [-0.1, -0.05) is 0 Å². The minimum Gasteiger partial charge on any atom is -0.475 e. The van der Waals surface area contributed by atoms with E-state index >= 15 is 0 Å². The number of piperidine rings is 1. The number of aliphatic carboxylic acids is 1. The molecule has 0 saturated carbocycles. The molecule has 2 aromatic heterocycles. The van der Waals surface area contributed by atoms with Gasteiger partial charge in [0.05, 0.1) is 0 Å². The second-order valence-electron chi connectivity index (χ2n) is 6.89. The molecule has 0 bridgehead atoms. The molecule has 1 spiro atoms. The topological polar surface area (TPSA) is 69.6 Å². The number of nitrogens with zero attached hydrogens (tertiary/aromatic N) is 4. The number of rotatable bonds is 3. The van der Waals surface area contributed by atoms with Crippen LogP contribution in [0.15, 0.2) is 35.3 Å². The Morgan fingerprint density at radius 3 is 2.25 bits per heavy atom. The zero-order valence-electron chi connectivity index (χ0n) is 15.1. The van der Waals surface area contributed by atoms with E-state index in [4.69, 9.17) is 9.90 Å². The Morgan fingerprint density at radius 1 is 1.18 bits per heavy atom. The highest BCUT2D eigenvalue weighted by Gasteiger charge is 2.47. The molecule has 0 radical (unpaired) electrons. The van der Waals surface area contributed by atoms with Crippen LogP contribution in [0.4, 0.5) is 19.1 Å². The lowest BCUT2D eigenvalue weighted by molar-refractivity contribution is -0.192. The number of carbonyl (C=O) groups is 1. The number of carboxylic acid groups (broad SMARTS) is 1. The van der Waals surface area contributed by atoms with E-state index in [1.54, 1.807) is 11.3 Å². The van der Waals surface area contributed by atoms with Gasteiger partial charge in [0.15, 0.2) is 0 Å². The van der Waals surface area contributed by atoms with Crippen LogP contribution in [-0.4, -0.2) is 57.3 Å². The molecule has 4 rings (SSSR count). The van der Waals surface area contributed by atoms with Crippen LogP contribution in [0, 0.1) is 0 Å². The van der Waals surface area contributed by atoms with Crippen molar-refractivity contribution in [3.8, 4) is 0 Å². The largest absolute Gasteiger partial charge is 0.490 e. The number of alkyl halides is 3. The molecule has 6 nitrogen and oxygen atoms in total. The summed E-state index contributed by atoms with van der Waals surface area (Å²) >= 11 is 1.79. The SMILES string of the molecule is O=C(O)C(F)(F)F.c1cnc(N2CCC23CCN(Cc2ccsc2)CC3)nc1. The van der Waals surface area contributed by atoms with Crippen LogP contribution >= 0.6 is 11.3 Å². The van der Waals surface area contributed by atoms with Gasteiger partial charge in [-0.2, -0.15) is 24.5 Å². The second-order valence-corrected chi connectivity index (χ2v) is 7.67. The Bertz CT molecular complexity index is 763. The normalized spacial score (nSPS) is 18.9. The minimum absolute atomic E-state index is 0.326. The average molecular weight is 414 g/mol. The first-order chi connectivity index (χ1) is 13.3. The van der Waals surface area contributed by atoms with Crippen LogP contribution in [0.5, 0.6) is 0 Å². The van der Waals surface area contributed by atoms with E-state index < -0.39 is 12.1 Å². The molecule has 28 heavy (non-hydrogen) atoms. The molecule has 0 atom stereocenters. The molecule has 2 saturated heterocycles. The predicted molar refractivity (Wildman–Crippen MR) is 99.2 cm³/mol. The lowest BCUT2D eigenvalue weighted by Gasteiger charge is -2.56. The molecule has 1 N–H and O–H groups in total. The molecule has 10 heteroatoms. The molecule has 2 fully saturated rings. The molecule has 2 aliphatic rings. The van der Waals surface area contributed by atoms with Crippen LogP contribution in [-0.2, 0) is 11.3 Å². The number of aromatic nitrogens is 2. The monoisotopic (exact) mass is 414 g/mol. The highest BCUT2D eigenvalue weighted by atomic mass is 32.1. The van der Waals surface area contributed by atoms with Crippen LogP contribution < -0.4 is 4.90 Å². The van der Waals surface area contributed by atoms with Gasteiger partial charge in [-0.3, -0.25) is 4.90 Å². The summed E-state index contributed by atoms with van der Waals surface area (Å²) in [6.07, 6.45) is 2.36. The summed E-state index contributed by atoms with van der Waals surface area (Å²) in [6, 6.07) is 4.13. The van der Waals surface area contributed by atoms with Gasteiger partial charge in [-0.25, -0.2) is 14.8 Å². The summed E-state index contributed by atoms with van der Waals surface area (Å²) in [5.74, 6) is -1.84. The van der Waals surface area contributed by atoms with E-state index in [9.17, 15) is 13.2 Å². The van der Waals surface area contributed by atoms with Crippen molar-refractivity contribution < 1.29 is 23.1 Å². The molecule has 2 aliphatic heterocycles. The molecular weight excluding hydrogens is 393 g/mol. The number of thiophene rings is 1. The summed E-state index contributed by atoms with van der Waals surface area (Å²) in [5.41, 5.74) is 1.78. The fraction of sp³-hybridized carbons (Fsp3) is 0.500. The summed E-state index contributed by atoms with van der Waals surface area (Å²) in [4.78, 5) is 22.8. The maximum atomic E-state index is 10.6. The van der Waals surface area contributed by atoms with Gasteiger partial charge < -0.3 is 10.0 Å². The van der Waals surface area contributed by atoms with E-state index in [1.165, 1.54) is 37.9 Å². The Kier molecular flexibility index (Phi) is 6.19. The molecule has 2 aromatic rings. The highest BCUT2D eigenvalue weighted by Crippen LogP contribution is 2.41. The summed E-state index contributed by atoms with van der Waals surface area (Å²) in [7, 11) is 0. The summed E-state index contributed by atoms with van der Waals surface area (Å²) in [6.45, 7) is 4.56. The number of anilines is 1. The molecule has 0 unspecified atom stereocenters. The number of carboxylic acids is 1. The molecule has 4 heterocycles. The Balaban J connectivity index is 0.000000279. The number of hydrogen-bond donors (Lipinski definition) is 1. The van der Waals surface area contributed by atoms with Crippen molar-refractivity contribution in [3.63, 3.8) is 0 Å². The minimum atomic E-state index is -5.08. The first kappa shape index (κ1) is 20.5. The zero-order chi connectivity index (χ0) is 20.2. The first-order valence-corrected chi connectivity index (χ1v) is 9.83. The fourth-order valence-corrected chi connectivity index (χ4v) is 4.23. The van der Waals surface area contributed by atoms with Crippen LogP contribution in [0.1, 0.15) is 24.8 Å². The smallest absolute Gasteiger partial charge is 0.475 e. The van der Waals surface area contributed by atoms with Gasteiger partial charge in [0.2, 0.25) is 5.95 Å². The van der Waals surface area contributed by atoms with Gasteiger partial charge in [0, 0.05) is 44.1 Å². The predicted octanol–water partition coefficient (Wildman–Crippen LogP) is 3.42. The van der Waals surface area contributed by atoms with Gasteiger partial charge in [0.1, 0.15) is 0 Å². The molecule has 0 aromatic carbocycles. The van der Waals surface area contributed by atoms with Crippen molar-refractivity contribution in [2.24, 2.45) is 0 Å². The van der Waals surface area contributed by atoms with E-state index in [-0.39, 0.29) is 0 Å². The Morgan fingerprint density at radius 2 is 1.79 bits per heavy atom. The van der Waals surface area contributed by atoms with Gasteiger partial charge in [0.25, 0.3) is 0 Å². The van der Waals surface area contributed by atoms with Crippen LogP contribution in [0.25, 0.3) is 0 Å². The standard InChI is InChI=1S/C16H20N4S.C2HF3O2/c1-6-17-15(18-7-1)20-10-5-16(20)3-8-19(9-4-16)12-14-2-11-21-13-14;3-2(4,5)1(6)7/h1-2,6-7,11,13H,3-5,8-10,12H2;(H,6,7). The van der Waals surface area contributed by atoms with Crippen molar-refractivity contribution in [3.05, 3.63) is 40.8 Å². The number of likely N-dealkylation sites (tertiary alicyclic amines) is 1. The lowest BCUT2D eigenvalue weighted by atomic mass is 9.76. The van der Waals surface area contributed by atoms with E-state index in [1.807, 2.05) is 18.5 Å². The number of hydrogen-bond acceptors (Lipinski definition) is 6. The van der Waals surface area contributed by atoms with Crippen LogP contribution in [0.2, 0.25) is 0 Å². The summed E-state index contributed by atoms with van der Waals surface area (Å²) < 4.78 is 31.7. The lowest BCUT2D eigenvalue weighted by Crippen LogP contribution is -2.64. The van der Waals surface area contributed by atoms with Gasteiger partial charge in [-0.15, -0.1) is 0 Å². The van der Waals surface area contributed by atoms with Crippen molar-refractivity contribution in [2.75, 3.05) is 24.5 Å². The van der Waals surface area contributed by atoms with Crippen molar-refractivity contribution in [1.29, 1.82) is 0 Å². The Hall–Kier alpha value is -2.20. The maximum Gasteiger partial charge on any atom is 0.490 e. The molecule has 0 amide bonds. The van der Waals surface area contributed by atoms with Crippen molar-refractivity contribution >= 4 is 23.3 Å². The third-order valence-corrected chi connectivity index (χ3v) is 5.91. The fourth-order valence-electron chi connectivity index (χ4n) is 3.57. The van der Waals surface area contributed by atoms with E-state index in [0.717, 1.165) is 19.0 Å². The van der Waals surface area contributed by atoms with Gasteiger partial charge in [-0.05, 0) is 47.7 Å². The van der Waals surface area contributed by atoms with E-state index in [2.05, 4.69) is 36.6 Å². The number of halogens is 3. The highest BCUT2D eigenvalue weighted by molar-refractivity contribution is 7.07.